The zero-order valence-corrected chi connectivity index (χ0v) is 17.5. The van der Waals surface area contributed by atoms with E-state index in [1.165, 1.54) is 42.5 Å². The second-order valence-electron chi connectivity index (χ2n) is 6.47. The van der Waals surface area contributed by atoms with Crippen molar-refractivity contribution in [3.05, 3.63) is 65.9 Å². The van der Waals surface area contributed by atoms with Gasteiger partial charge in [0, 0.05) is 25.8 Å². The van der Waals surface area contributed by atoms with E-state index in [0.29, 0.717) is 23.9 Å². The number of aromatic carboxylic acids is 1. The molecule has 9 heteroatoms. The van der Waals surface area contributed by atoms with E-state index in [1.54, 1.807) is 26.4 Å². The van der Waals surface area contributed by atoms with Crippen LogP contribution in [0.5, 0.6) is 17.2 Å². The first-order valence-corrected chi connectivity index (χ1v) is 9.36. The van der Waals surface area contributed by atoms with Crippen LogP contribution in [0.2, 0.25) is 0 Å². The third-order valence-electron chi connectivity index (χ3n) is 3.85. The number of benzene rings is 2. The minimum Gasteiger partial charge on any atom is -0.488 e. The van der Waals surface area contributed by atoms with Crippen molar-refractivity contribution in [2.24, 2.45) is 10.7 Å². The van der Waals surface area contributed by atoms with Crippen LogP contribution in [0.4, 0.5) is 0 Å². The number of aliphatic imine (C=N–C) groups is 1. The number of ether oxygens (including phenoxy) is 3. The van der Waals surface area contributed by atoms with Gasteiger partial charge in [-0.05, 0) is 55.6 Å². The van der Waals surface area contributed by atoms with Gasteiger partial charge in [-0.15, -0.1) is 0 Å². The van der Waals surface area contributed by atoms with Crippen molar-refractivity contribution in [3.63, 3.8) is 0 Å². The van der Waals surface area contributed by atoms with E-state index in [9.17, 15) is 9.59 Å². The van der Waals surface area contributed by atoms with E-state index in [0.717, 1.165) is 0 Å². The maximum Gasteiger partial charge on any atom is 0.335 e. The number of carbonyl (C=O) groups excluding carboxylic acids is 1. The summed E-state index contributed by atoms with van der Waals surface area (Å²) in [6.45, 7) is 2.17. The molecule has 1 amide bonds. The van der Waals surface area contributed by atoms with Crippen molar-refractivity contribution in [1.82, 2.24) is 5.32 Å². The van der Waals surface area contributed by atoms with Gasteiger partial charge in [-0.25, -0.2) is 4.79 Å². The normalized spacial score (nSPS) is 12.4. The molecule has 2 rings (SSSR count). The van der Waals surface area contributed by atoms with Gasteiger partial charge in [-0.1, -0.05) is 0 Å². The fourth-order valence-corrected chi connectivity index (χ4v) is 2.51. The van der Waals surface area contributed by atoms with E-state index < -0.39 is 11.9 Å². The molecule has 0 aliphatic carbocycles. The number of nitrogens with two attached hydrogens (primary N) is 1. The molecule has 0 aromatic heterocycles. The number of amides is 1. The zero-order chi connectivity index (χ0) is 22.8. The van der Waals surface area contributed by atoms with Gasteiger partial charge in [0.25, 0.3) is 5.91 Å². The van der Waals surface area contributed by atoms with Crippen LogP contribution in [0.25, 0.3) is 0 Å². The minimum absolute atomic E-state index is 0.0325. The quantitative estimate of drug-likeness (QED) is 0.389. The summed E-state index contributed by atoms with van der Waals surface area (Å²) < 4.78 is 16.7. The maximum atomic E-state index is 12.6. The second kappa shape index (κ2) is 11.4. The van der Waals surface area contributed by atoms with E-state index in [4.69, 9.17) is 25.1 Å². The molecule has 0 saturated heterocycles. The van der Waals surface area contributed by atoms with Crippen molar-refractivity contribution in [2.75, 3.05) is 20.8 Å². The Bertz CT molecular complexity index is 970. The third-order valence-corrected chi connectivity index (χ3v) is 3.85. The lowest BCUT2D eigenvalue weighted by molar-refractivity contribution is 0.0696. The largest absolute Gasteiger partial charge is 0.488 e. The van der Waals surface area contributed by atoms with Crippen molar-refractivity contribution in [3.8, 4) is 17.2 Å². The Balaban J connectivity index is 2.34. The molecule has 0 bridgehead atoms. The molecule has 9 nitrogen and oxygen atoms in total. The van der Waals surface area contributed by atoms with Crippen LogP contribution in [0.15, 0.2) is 59.7 Å². The van der Waals surface area contributed by atoms with E-state index in [2.05, 4.69) is 10.3 Å². The average Bonchev–Trinajstić information content (AvgIpc) is 2.72. The van der Waals surface area contributed by atoms with Crippen molar-refractivity contribution in [2.45, 2.75) is 13.0 Å². The summed E-state index contributed by atoms with van der Waals surface area (Å²) in [5.41, 5.74) is 6.07. The highest BCUT2D eigenvalue weighted by molar-refractivity contribution is 6.06. The summed E-state index contributed by atoms with van der Waals surface area (Å²) in [5, 5.41) is 11.8. The van der Waals surface area contributed by atoms with Gasteiger partial charge in [-0.2, -0.15) is 4.99 Å². The molecule has 0 radical (unpaired) electrons. The van der Waals surface area contributed by atoms with E-state index >= 15 is 0 Å². The summed E-state index contributed by atoms with van der Waals surface area (Å²) in [7, 11) is 3.26. The highest BCUT2D eigenvalue weighted by atomic mass is 16.5. The number of hydrogen-bond acceptors (Lipinski definition) is 6. The molecule has 164 valence electrons. The lowest BCUT2D eigenvalue weighted by Gasteiger charge is -2.16. The number of amidine groups is 1. The average molecular weight is 427 g/mol. The van der Waals surface area contributed by atoms with Crippen LogP contribution >= 0.6 is 0 Å². The van der Waals surface area contributed by atoms with Gasteiger partial charge >= 0.3 is 5.97 Å². The van der Waals surface area contributed by atoms with Crippen LogP contribution in [0.3, 0.4) is 0 Å². The second-order valence-corrected chi connectivity index (χ2v) is 6.47. The first-order valence-electron chi connectivity index (χ1n) is 9.36. The van der Waals surface area contributed by atoms with Gasteiger partial charge in [0.05, 0.1) is 12.2 Å². The van der Waals surface area contributed by atoms with Gasteiger partial charge in [0.2, 0.25) is 0 Å². The molecule has 0 fully saturated rings. The van der Waals surface area contributed by atoms with Crippen LogP contribution in [0, 0.1) is 0 Å². The SMILES string of the molecule is CN/C=C\C(N)=NC(=O)c1cc(Oc2ccc(C(=O)O)cc2)cc(OC(C)COC)c1. The lowest BCUT2D eigenvalue weighted by atomic mass is 10.2. The number of nitrogens with zero attached hydrogens (tertiary/aromatic N) is 1. The summed E-state index contributed by atoms with van der Waals surface area (Å²) in [4.78, 5) is 27.4. The van der Waals surface area contributed by atoms with Crippen molar-refractivity contribution >= 4 is 17.7 Å². The molecule has 0 saturated carbocycles. The zero-order valence-electron chi connectivity index (χ0n) is 17.5. The lowest BCUT2D eigenvalue weighted by Crippen LogP contribution is -2.18. The standard InChI is InChI=1S/C22H25N3O6/c1-14(13-29-3)30-18-10-16(21(26)25-20(23)8-9-24-2)11-19(12-18)31-17-6-4-15(5-7-17)22(27)28/h4-12,14,24H,13H2,1-3H3,(H,27,28)(H2,23,25,26)/b9-8-. The topological polar surface area (TPSA) is 132 Å². The highest BCUT2D eigenvalue weighted by Gasteiger charge is 2.13. The van der Waals surface area contributed by atoms with Gasteiger partial charge < -0.3 is 30.4 Å². The number of hydrogen-bond donors (Lipinski definition) is 3. The Hall–Kier alpha value is -3.85. The van der Waals surface area contributed by atoms with Gasteiger partial charge in [0.15, 0.2) is 0 Å². The molecule has 0 aliphatic heterocycles. The summed E-state index contributed by atoms with van der Waals surface area (Å²) in [6, 6.07) is 10.5. The number of carbonyl (C=O) groups is 2. The Kier molecular flexibility index (Phi) is 8.59. The van der Waals surface area contributed by atoms with Crippen LogP contribution < -0.4 is 20.5 Å². The predicted octanol–water partition coefficient (Wildman–Crippen LogP) is 2.82. The molecule has 4 N–H and O–H groups in total. The third kappa shape index (κ3) is 7.48. The molecule has 31 heavy (non-hydrogen) atoms. The Morgan fingerprint density at radius 1 is 1.13 bits per heavy atom. The molecule has 2 aromatic rings. The molecule has 1 atom stereocenters. The first kappa shape index (κ1) is 23.4. The molecular formula is C22H25N3O6. The fourth-order valence-electron chi connectivity index (χ4n) is 2.51. The van der Waals surface area contributed by atoms with Crippen molar-refractivity contribution in [1.29, 1.82) is 0 Å². The summed E-state index contributed by atoms with van der Waals surface area (Å²) in [5.74, 6) is -0.491. The monoisotopic (exact) mass is 427 g/mol. The van der Waals surface area contributed by atoms with Gasteiger partial charge in [0.1, 0.15) is 29.2 Å². The molecule has 0 spiro atoms. The number of methoxy groups -OCH3 is 1. The predicted molar refractivity (Wildman–Crippen MR) is 116 cm³/mol. The molecule has 0 aliphatic rings. The van der Waals surface area contributed by atoms with E-state index in [1.807, 2.05) is 6.92 Å². The molecule has 1 unspecified atom stereocenters. The first-order chi connectivity index (χ1) is 14.8. The number of rotatable bonds is 10. The Morgan fingerprint density at radius 2 is 1.81 bits per heavy atom. The molecule has 2 aromatic carbocycles. The summed E-state index contributed by atoms with van der Waals surface area (Å²) >= 11 is 0. The minimum atomic E-state index is -1.04. The van der Waals surface area contributed by atoms with Crippen LogP contribution in [-0.4, -0.2) is 49.7 Å². The number of carboxylic acids is 1. The summed E-state index contributed by atoms with van der Waals surface area (Å²) in [6.07, 6.45) is 2.73. The molecule has 0 heterocycles. The van der Waals surface area contributed by atoms with Crippen LogP contribution in [0.1, 0.15) is 27.6 Å². The maximum absolute atomic E-state index is 12.6. The Labute approximate surface area is 180 Å². The Morgan fingerprint density at radius 3 is 2.42 bits per heavy atom. The van der Waals surface area contributed by atoms with Gasteiger partial charge in [-0.3, -0.25) is 4.79 Å². The van der Waals surface area contributed by atoms with E-state index in [-0.39, 0.29) is 23.1 Å². The fraction of sp³-hybridized carbons (Fsp3) is 0.227. The number of carboxylic acid groups (broad SMARTS) is 1. The number of nitrogens with one attached hydrogen (secondary N) is 1. The smallest absolute Gasteiger partial charge is 0.335 e. The van der Waals surface area contributed by atoms with Crippen LogP contribution in [-0.2, 0) is 4.74 Å². The molecular weight excluding hydrogens is 402 g/mol. The van der Waals surface area contributed by atoms with Crippen molar-refractivity contribution < 1.29 is 28.9 Å². The highest BCUT2D eigenvalue weighted by Crippen LogP contribution is 2.29.